The van der Waals surface area contributed by atoms with Crippen LogP contribution in [-0.2, 0) is 4.79 Å². The molecule has 0 saturated heterocycles. The molecular formula is C10H15BrO. The third-order valence-corrected chi connectivity index (χ3v) is 5.32. The molecule has 0 aromatic rings. The molecule has 0 aromatic carbocycles. The predicted molar refractivity (Wildman–Crippen MR) is 52.4 cm³/mol. The van der Waals surface area contributed by atoms with E-state index in [-0.39, 0.29) is 10.8 Å². The van der Waals surface area contributed by atoms with E-state index in [0.717, 1.165) is 18.2 Å². The third kappa shape index (κ3) is 0.729. The van der Waals surface area contributed by atoms with Crippen LogP contribution in [0.2, 0.25) is 0 Å². The molecule has 0 N–H and O–H groups in total. The molecule has 0 spiro atoms. The summed E-state index contributed by atoms with van der Waals surface area (Å²) in [6.07, 6.45) is 3.19. The van der Waals surface area contributed by atoms with Gasteiger partial charge in [0.15, 0.2) is 0 Å². The van der Waals surface area contributed by atoms with Crippen LogP contribution in [-0.4, -0.2) is 11.1 Å². The van der Waals surface area contributed by atoms with Crippen LogP contribution in [0.3, 0.4) is 0 Å². The van der Waals surface area contributed by atoms with Crippen molar-refractivity contribution in [2.75, 3.05) is 5.33 Å². The lowest BCUT2D eigenvalue weighted by molar-refractivity contribution is -0.127. The number of fused-ring (bicyclic) bond motifs is 2. The minimum Gasteiger partial charge on any atom is -0.299 e. The molecule has 0 heterocycles. The second-order valence-electron chi connectivity index (χ2n) is 4.80. The highest BCUT2D eigenvalue weighted by molar-refractivity contribution is 9.09. The second kappa shape index (κ2) is 2.34. The lowest BCUT2D eigenvalue weighted by Gasteiger charge is -2.34. The average Bonchev–Trinajstić information content (AvgIpc) is 2.36. The van der Waals surface area contributed by atoms with Gasteiger partial charge in [-0.2, -0.15) is 0 Å². The zero-order chi connectivity index (χ0) is 8.98. The van der Waals surface area contributed by atoms with Crippen LogP contribution in [0.15, 0.2) is 0 Å². The van der Waals surface area contributed by atoms with Gasteiger partial charge in [-0.25, -0.2) is 0 Å². The van der Waals surface area contributed by atoms with E-state index in [2.05, 4.69) is 29.8 Å². The molecule has 1 nitrogen and oxygen atoms in total. The van der Waals surface area contributed by atoms with E-state index in [9.17, 15) is 4.79 Å². The van der Waals surface area contributed by atoms with E-state index in [0.29, 0.717) is 11.7 Å². The first-order valence-corrected chi connectivity index (χ1v) is 5.76. The van der Waals surface area contributed by atoms with Gasteiger partial charge in [-0.05, 0) is 24.2 Å². The minimum atomic E-state index is -0.0162. The molecule has 2 atom stereocenters. The fourth-order valence-electron chi connectivity index (χ4n) is 3.08. The minimum absolute atomic E-state index is 0.0162. The molecule has 2 saturated carbocycles. The number of carbonyl (C=O) groups is 1. The molecule has 2 aliphatic carbocycles. The average molecular weight is 231 g/mol. The third-order valence-electron chi connectivity index (χ3n) is 4.37. The summed E-state index contributed by atoms with van der Waals surface area (Å²) in [4.78, 5) is 11.8. The fraction of sp³-hybridized carbons (Fsp3) is 0.900. The maximum absolute atomic E-state index is 11.8. The van der Waals surface area contributed by atoms with Gasteiger partial charge in [-0.3, -0.25) is 4.79 Å². The van der Waals surface area contributed by atoms with Gasteiger partial charge in [-0.15, -0.1) is 0 Å². The lowest BCUT2D eigenvalue weighted by Crippen LogP contribution is -2.37. The molecule has 2 aliphatic rings. The van der Waals surface area contributed by atoms with Crippen molar-refractivity contribution in [3.05, 3.63) is 0 Å². The van der Waals surface area contributed by atoms with Crippen molar-refractivity contribution in [1.29, 1.82) is 0 Å². The van der Waals surface area contributed by atoms with E-state index in [1.807, 2.05) is 0 Å². The molecule has 12 heavy (non-hydrogen) atoms. The molecule has 0 aromatic heterocycles. The summed E-state index contributed by atoms with van der Waals surface area (Å²) >= 11 is 3.52. The Labute approximate surface area is 82.0 Å². The molecule has 0 amide bonds. The number of ketones is 1. The van der Waals surface area contributed by atoms with Gasteiger partial charge in [0.05, 0.1) is 0 Å². The summed E-state index contributed by atoms with van der Waals surface area (Å²) in [6, 6.07) is 0. The summed E-state index contributed by atoms with van der Waals surface area (Å²) in [5.41, 5.74) is 0.227. The Hall–Kier alpha value is 0.150. The first kappa shape index (κ1) is 8.74. The van der Waals surface area contributed by atoms with Gasteiger partial charge in [0.25, 0.3) is 0 Å². The molecular weight excluding hydrogens is 216 g/mol. The van der Waals surface area contributed by atoms with Gasteiger partial charge in [0.2, 0.25) is 0 Å². The molecule has 0 aliphatic heterocycles. The van der Waals surface area contributed by atoms with E-state index >= 15 is 0 Å². The van der Waals surface area contributed by atoms with Crippen molar-refractivity contribution >= 4 is 21.7 Å². The summed E-state index contributed by atoms with van der Waals surface area (Å²) in [5, 5.41) is 0.863. The molecule has 68 valence electrons. The van der Waals surface area contributed by atoms with Gasteiger partial charge in [0.1, 0.15) is 5.78 Å². The first-order valence-electron chi connectivity index (χ1n) is 4.64. The number of halogens is 1. The van der Waals surface area contributed by atoms with Crippen LogP contribution in [0.25, 0.3) is 0 Å². The van der Waals surface area contributed by atoms with Gasteiger partial charge in [-0.1, -0.05) is 29.8 Å². The Morgan fingerprint density at radius 1 is 1.58 bits per heavy atom. The van der Waals surface area contributed by atoms with Crippen LogP contribution >= 0.6 is 15.9 Å². The quantitative estimate of drug-likeness (QED) is 0.634. The highest BCUT2D eigenvalue weighted by Gasteiger charge is 2.63. The van der Waals surface area contributed by atoms with E-state index in [1.165, 1.54) is 6.42 Å². The zero-order valence-corrected chi connectivity index (χ0v) is 9.28. The van der Waals surface area contributed by atoms with E-state index < -0.39 is 0 Å². The van der Waals surface area contributed by atoms with Crippen LogP contribution in [0.5, 0.6) is 0 Å². The molecule has 0 unspecified atom stereocenters. The second-order valence-corrected chi connectivity index (χ2v) is 5.36. The fourth-order valence-corrected chi connectivity index (χ4v) is 4.40. The normalized spacial score (nSPS) is 43.9. The Morgan fingerprint density at radius 2 is 2.25 bits per heavy atom. The number of carbonyl (C=O) groups excluding carboxylic acids is 1. The number of alkyl halides is 1. The van der Waals surface area contributed by atoms with Gasteiger partial charge >= 0.3 is 0 Å². The maximum atomic E-state index is 11.8. The first-order chi connectivity index (χ1) is 5.54. The highest BCUT2D eigenvalue weighted by Crippen LogP contribution is 2.64. The van der Waals surface area contributed by atoms with Gasteiger partial charge < -0.3 is 0 Å². The molecule has 2 bridgehead atoms. The van der Waals surface area contributed by atoms with Crippen molar-refractivity contribution in [2.45, 2.75) is 33.1 Å². The smallest absolute Gasteiger partial charge is 0.140 e. The summed E-state index contributed by atoms with van der Waals surface area (Å²) in [6.45, 7) is 4.52. The lowest BCUT2D eigenvalue weighted by atomic mass is 9.70. The predicted octanol–water partition coefficient (Wildman–Crippen LogP) is 2.78. The topological polar surface area (TPSA) is 17.1 Å². The molecule has 2 heteroatoms. The summed E-state index contributed by atoms with van der Waals surface area (Å²) in [7, 11) is 0. The van der Waals surface area contributed by atoms with Crippen molar-refractivity contribution in [3.63, 3.8) is 0 Å². The van der Waals surface area contributed by atoms with Crippen molar-refractivity contribution in [2.24, 2.45) is 16.7 Å². The Kier molecular flexibility index (Phi) is 1.70. The molecule has 2 fully saturated rings. The van der Waals surface area contributed by atoms with Crippen LogP contribution in [0, 0.1) is 16.7 Å². The van der Waals surface area contributed by atoms with E-state index in [4.69, 9.17) is 0 Å². The van der Waals surface area contributed by atoms with E-state index in [1.54, 1.807) is 0 Å². The molecule has 0 radical (unpaired) electrons. The number of rotatable bonds is 1. The Bertz CT molecular complexity index is 234. The van der Waals surface area contributed by atoms with Gasteiger partial charge in [0, 0.05) is 17.2 Å². The number of hydrogen-bond donors (Lipinski definition) is 0. The summed E-state index contributed by atoms with van der Waals surface area (Å²) < 4.78 is 0. The number of Topliss-reactive ketones (excluding diaryl/α,β-unsaturated/α-hetero) is 1. The van der Waals surface area contributed by atoms with Crippen molar-refractivity contribution in [1.82, 2.24) is 0 Å². The number of hydrogen-bond acceptors (Lipinski definition) is 1. The Balaban J connectivity index is 2.46. The summed E-state index contributed by atoms with van der Waals surface area (Å²) in [5.74, 6) is 1.16. The maximum Gasteiger partial charge on any atom is 0.140 e. The largest absolute Gasteiger partial charge is 0.299 e. The van der Waals surface area contributed by atoms with Crippen molar-refractivity contribution < 1.29 is 4.79 Å². The highest BCUT2D eigenvalue weighted by atomic mass is 79.9. The Morgan fingerprint density at radius 3 is 2.50 bits per heavy atom. The zero-order valence-electron chi connectivity index (χ0n) is 7.69. The van der Waals surface area contributed by atoms with Crippen LogP contribution in [0.1, 0.15) is 33.1 Å². The SMILES string of the molecule is CC1(C)[C@H]2CC[C@@]1(CBr)C(=O)C2. The monoisotopic (exact) mass is 230 g/mol. The van der Waals surface area contributed by atoms with Crippen molar-refractivity contribution in [3.8, 4) is 0 Å². The standard InChI is InChI=1S/C10H15BrO/c1-9(2)7-3-4-10(9,6-11)8(12)5-7/h7H,3-6H2,1-2H3/t7-,10+/m0/s1. The van der Waals surface area contributed by atoms with Crippen LogP contribution in [0.4, 0.5) is 0 Å². The molecule has 2 rings (SSSR count). The van der Waals surface area contributed by atoms with Crippen LogP contribution < -0.4 is 0 Å².